The summed E-state index contributed by atoms with van der Waals surface area (Å²) in [4.78, 5) is 0. The van der Waals surface area contributed by atoms with Crippen molar-refractivity contribution in [3.05, 3.63) is 12.2 Å². The molecule has 0 amide bonds. The number of alkyl halides is 1. The van der Waals surface area contributed by atoms with Crippen LogP contribution in [0.5, 0.6) is 0 Å². The highest BCUT2D eigenvalue weighted by Gasteiger charge is 2.32. The van der Waals surface area contributed by atoms with Crippen molar-refractivity contribution >= 4 is 24.2 Å². The lowest BCUT2D eigenvalue weighted by atomic mass is 10.4. The molecule has 0 spiro atoms. The molecule has 0 bridgehead atoms. The molecule has 0 aromatic rings. The largest absolute Gasteiger partial charge is 0.420 e. The van der Waals surface area contributed by atoms with Gasteiger partial charge >= 0.3 is 0 Å². The molecule has 13 heavy (non-hydrogen) atoms. The molecule has 0 aromatic heterocycles. The molecule has 1 rings (SSSR count). The Kier molecular flexibility index (Phi) is 5.28. The van der Waals surface area contributed by atoms with Gasteiger partial charge in [-0.15, -0.1) is 0 Å². The van der Waals surface area contributed by atoms with Crippen LogP contribution in [-0.2, 0) is 4.43 Å². The van der Waals surface area contributed by atoms with Crippen molar-refractivity contribution in [3.8, 4) is 0 Å². The second-order valence-electron chi connectivity index (χ2n) is 3.73. The van der Waals surface area contributed by atoms with Crippen molar-refractivity contribution in [1.82, 2.24) is 0 Å². The highest BCUT2D eigenvalue weighted by atomic mass is 79.9. The Labute approximate surface area is 90.8 Å². The van der Waals surface area contributed by atoms with Crippen LogP contribution in [0.3, 0.4) is 0 Å². The van der Waals surface area contributed by atoms with Gasteiger partial charge in [-0.2, -0.15) is 0 Å². The van der Waals surface area contributed by atoms with Crippen molar-refractivity contribution < 1.29 is 4.43 Å². The third-order valence-electron chi connectivity index (χ3n) is 2.90. The Morgan fingerprint density at radius 2 is 1.92 bits per heavy atom. The van der Waals surface area contributed by atoms with Crippen molar-refractivity contribution in [3.63, 3.8) is 0 Å². The van der Waals surface area contributed by atoms with Gasteiger partial charge in [-0.1, -0.05) is 28.1 Å². The summed E-state index contributed by atoms with van der Waals surface area (Å²) in [7, 11) is 0.602. The van der Waals surface area contributed by atoms with E-state index in [1.165, 1.54) is 37.4 Å². The highest BCUT2D eigenvalue weighted by Crippen LogP contribution is 2.29. The molecule has 0 saturated carbocycles. The van der Waals surface area contributed by atoms with Gasteiger partial charge in [0.1, 0.15) is 0 Å². The lowest BCUT2D eigenvalue weighted by Gasteiger charge is -2.28. The van der Waals surface area contributed by atoms with Crippen LogP contribution >= 0.6 is 15.9 Å². The first-order chi connectivity index (χ1) is 6.33. The Hall–Kier alpha value is 0.397. The van der Waals surface area contributed by atoms with E-state index < -0.39 is 8.32 Å². The van der Waals surface area contributed by atoms with Crippen LogP contribution in [0.1, 0.15) is 19.3 Å². The van der Waals surface area contributed by atoms with Gasteiger partial charge in [0, 0.05) is 12.4 Å². The summed E-state index contributed by atoms with van der Waals surface area (Å²) >= 11 is 3.50. The summed E-state index contributed by atoms with van der Waals surface area (Å²) in [5, 5.41) is 1.12. The second kappa shape index (κ2) is 5.99. The number of hydrogen-bond donors (Lipinski definition) is 0. The summed E-state index contributed by atoms with van der Waals surface area (Å²) < 4.78 is 5.84. The Bertz CT molecular complexity index is 160. The molecule has 0 fully saturated rings. The molecule has 1 aliphatic rings. The summed E-state index contributed by atoms with van der Waals surface area (Å²) in [6.45, 7) is 0. The fraction of sp³-hybridized carbons (Fsp3) is 0.800. The highest BCUT2D eigenvalue weighted by molar-refractivity contribution is 9.09. The van der Waals surface area contributed by atoms with Gasteiger partial charge < -0.3 is 4.43 Å². The van der Waals surface area contributed by atoms with Gasteiger partial charge in [0.15, 0.2) is 8.32 Å². The molecule has 0 N–H and O–H groups in total. The van der Waals surface area contributed by atoms with E-state index in [4.69, 9.17) is 4.43 Å². The van der Waals surface area contributed by atoms with E-state index in [9.17, 15) is 0 Å². The fourth-order valence-electron chi connectivity index (χ4n) is 2.00. The van der Waals surface area contributed by atoms with Crippen LogP contribution in [0.4, 0.5) is 0 Å². The maximum Gasteiger partial charge on any atom is 0.192 e. The predicted molar refractivity (Wildman–Crippen MR) is 64.0 cm³/mol. The van der Waals surface area contributed by atoms with Crippen molar-refractivity contribution in [1.29, 1.82) is 0 Å². The molecule has 1 nitrogen and oxygen atoms in total. The van der Waals surface area contributed by atoms with Crippen molar-refractivity contribution in [2.75, 3.05) is 12.4 Å². The fourth-order valence-corrected chi connectivity index (χ4v) is 6.37. The van der Waals surface area contributed by atoms with Crippen LogP contribution in [0.2, 0.25) is 18.1 Å². The Balaban J connectivity index is 2.46. The average molecular weight is 263 g/mol. The lowest BCUT2D eigenvalue weighted by molar-refractivity contribution is 0.389. The van der Waals surface area contributed by atoms with E-state index in [2.05, 4.69) is 28.1 Å². The molecule has 3 heteroatoms. The molecule has 1 heterocycles. The molecule has 0 unspecified atom stereocenters. The minimum atomic E-state index is -1.32. The van der Waals surface area contributed by atoms with E-state index >= 15 is 0 Å². The third-order valence-corrected chi connectivity index (χ3v) is 7.99. The maximum absolute atomic E-state index is 5.84. The molecule has 0 radical (unpaired) electrons. The molecular weight excluding hydrogens is 244 g/mol. The topological polar surface area (TPSA) is 9.23 Å². The van der Waals surface area contributed by atoms with Gasteiger partial charge in [0.25, 0.3) is 0 Å². The van der Waals surface area contributed by atoms with Crippen molar-refractivity contribution in [2.24, 2.45) is 0 Å². The maximum atomic E-state index is 5.84. The molecule has 0 atom stereocenters. The van der Waals surface area contributed by atoms with Crippen molar-refractivity contribution in [2.45, 2.75) is 37.4 Å². The minimum absolute atomic E-state index is 1.12. The quantitative estimate of drug-likeness (QED) is 0.427. The van der Waals surface area contributed by atoms with E-state index in [0.717, 1.165) is 5.33 Å². The first kappa shape index (κ1) is 11.5. The summed E-state index contributed by atoms with van der Waals surface area (Å²) in [5.74, 6) is 0. The zero-order chi connectivity index (χ0) is 9.57. The summed E-state index contributed by atoms with van der Waals surface area (Å²) in [6, 6.07) is 3.98. The van der Waals surface area contributed by atoms with Gasteiger partial charge in [-0.25, -0.2) is 0 Å². The normalized spacial score (nSPS) is 21.4. The number of allylic oxidation sites excluding steroid dienone is 2. The molecule has 0 aliphatic carbocycles. The molecular formula is C10H19BrOSi. The van der Waals surface area contributed by atoms with Crippen LogP contribution in [0.15, 0.2) is 12.2 Å². The molecule has 0 saturated heterocycles. The average Bonchev–Trinajstić information content (AvgIpc) is 2.41. The zero-order valence-electron chi connectivity index (χ0n) is 8.39. The van der Waals surface area contributed by atoms with E-state index in [0.29, 0.717) is 0 Å². The Morgan fingerprint density at radius 1 is 1.31 bits per heavy atom. The smallest absolute Gasteiger partial charge is 0.192 e. The second-order valence-corrected chi connectivity index (χ2v) is 8.80. The SMILES string of the molecule is CO[Si]1(CCCBr)CCC=CCC1. The van der Waals surface area contributed by atoms with Crippen LogP contribution in [0.25, 0.3) is 0 Å². The number of rotatable bonds is 4. The minimum Gasteiger partial charge on any atom is -0.420 e. The van der Waals surface area contributed by atoms with Crippen LogP contribution < -0.4 is 0 Å². The molecule has 0 aromatic carbocycles. The van der Waals surface area contributed by atoms with Crippen LogP contribution in [-0.4, -0.2) is 20.8 Å². The number of halogens is 1. The summed E-state index contributed by atoms with van der Waals surface area (Å²) in [6.07, 6.45) is 8.40. The van der Waals surface area contributed by atoms with Gasteiger partial charge in [-0.05, 0) is 37.4 Å². The van der Waals surface area contributed by atoms with E-state index in [1.54, 1.807) is 0 Å². The first-order valence-corrected chi connectivity index (χ1v) is 8.74. The molecule has 1 aliphatic heterocycles. The Morgan fingerprint density at radius 3 is 2.38 bits per heavy atom. The van der Waals surface area contributed by atoms with Crippen LogP contribution in [0, 0.1) is 0 Å². The summed E-state index contributed by atoms with van der Waals surface area (Å²) in [5.41, 5.74) is 0. The van der Waals surface area contributed by atoms with E-state index in [1.807, 2.05) is 7.11 Å². The molecule has 76 valence electrons. The lowest BCUT2D eigenvalue weighted by Crippen LogP contribution is -2.36. The monoisotopic (exact) mass is 262 g/mol. The predicted octanol–water partition coefficient (Wildman–Crippen LogP) is 3.71. The zero-order valence-corrected chi connectivity index (χ0v) is 11.0. The standard InChI is InChI=1S/C10H19BrOSi/c1-12-13(10-6-7-11)8-4-2-3-5-9-13/h2-3H,4-10H2,1H3. The van der Waals surface area contributed by atoms with Gasteiger partial charge in [0.2, 0.25) is 0 Å². The van der Waals surface area contributed by atoms with Gasteiger partial charge in [0.05, 0.1) is 0 Å². The number of hydrogen-bond acceptors (Lipinski definition) is 1. The van der Waals surface area contributed by atoms with Gasteiger partial charge in [-0.3, -0.25) is 0 Å². The first-order valence-electron chi connectivity index (χ1n) is 5.09. The third kappa shape index (κ3) is 3.56. The van der Waals surface area contributed by atoms with E-state index in [-0.39, 0.29) is 0 Å².